The quantitative estimate of drug-likeness (QED) is 0.211. The van der Waals surface area contributed by atoms with E-state index >= 15 is 0 Å². The Labute approximate surface area is 253 Å². The Morgan fingerprint density at radius 2 is 1.71 bits per heavy atom. The lowest BCUT2D eigenvalue weighted by Crippen LogP contribution is -2.54. The van der Waals surface area contributed by atoms with Gasteiger partial charge in [0.2, 0.25) is 11.8 Å². The van der Waals surface area contributed by atoms with Gasteiger partial charge < -0.3 is 20.3 Å². The van der Waals surface area contributed by atoms with Crippen LogP contribution < -0.4 is 10.6 Å². The third-order valence-electron chi connectivity index (χ3n) is 7.74. The lowest BCUT2D eigenvalue weighted by molar-refractivity contribution is -0.143. The molecule has 1 fully saturated rings. The van der Waals surface area contributed by atoms with E-state index in [0.717, 1.165) is 74.5 Å². The summed E-state index contributed by atoms with van der Waals surface area (Å²) in [6.45, 7) is 12.1. The summed E-state index contributed by atoms with van der Waals surface area (Å²) in [6, 6.07) is 4.61. The Kier molecular flexibility index (Phi) is 15.1. The maximum atomic E-state index is 14.4. The second kappa shape index (κ2) is 17.7. The predicted molar refractivity (Wildman–Crippen MR) is 170 cm³/mol. The average molecular weight is 590 g/mol. The first kappa shape index (κ1) is 35.0. The van der Waals surface area contributed by atoms with Gasteiger partial charge in [0.15, 0.2) is 0 Å². The zero-order valence-electron chi connectivity index (χ0n) is 26.6. The van der Waals surface area contributed by atoms with Crippen LogP contribution in [-0.2, 0) is 14.3 Å². The fraction of sp³-hybridized carbons (Fsp3) is 0.727. The molecule has 0 bridgehead atoms. The molecule has 1 aromatic carbocycles. The maximum Gasteiger partial charge on any atom is 0.408 e. The van der Waals surface area contributed by atoms with Crippen molar-refractivity contribution in [3.63, 3.8) is 0 Å². The van der Waals surface area contributed by atoms with Crippen molar-refractivity contribution in [1.29, 1.82) is 0 Å². The third kappa shape index (κ3) is 12.3. The molecule has 1 saturated carbocycles. The van der Waals surface area contributed by atoms with Gasteiger partial charge in [-0.05, 0) is 89.0 Å². The number of alkyl carbamates (subject to hydrolysis) is 1. The third-order valence-corrected chi connectivity index (χ3v) is 8.39. The molecule has 3 amide bonds. The second-order valence-electron chi connectivity index (χ2n) is 12.5. The van der Waals surface area contributed by atoms with Crippen molar-refractivity contribution in [1.82, 2.24) is 15.5 Å². The van der Waals surface area contributed by atoms with E-state index in [1.165, 1.54) is 6.42 Å². The summed E-state index contributed by atoms with van der Waals surface area (Å²) in [5, 5.41) is 6.15. The molecule has 0 heterocycles. The van der Waals surface area contributed by atoms with Gasteiger partial charge in [0.1, 0.15) is 17.7 Å². The molecule has 2 unspecified atom stereocenters. The van der Waals surface area contributed by atoms with Crippen molar-refractivity contribution < 1.29 is 19.1 Å². The number of benzene rings is 1. The molecule has 0 saturated heterocycles. The summed E-state index contributed by atoms with van der Waals surface area (Å²) in [5.74, 6) is 0.324. The Morgan fingerprint density at radius 1 is 1.02 bits per heavy atom. The Bertz CT molecular complexity index is 972. The number of thioether (sulfide) groups is 1. The van der Waals surface area contributed by atoms with Crippen LogP contribution in [0, 0.1) is 13.8 Å². The number of ether oxygens (including phenoxy) is 1. The molecule has 0 aromatic heterocycles. The van der Waals surface area contributed by atoms with Crippen LogP contribution in [0.25, 0.3) is 0 Å². The Balaban J connectivity index is 2.47. The van der Waals surface area contributed by atoms with E-state index in [4.69, 9.17) is 4.74 Å². The van der Waals surface area contributed by atoms with E-state index in [9.17, 15) is 14.4 Å². The molecule has 2 atom stereocenters. The normalized spacial score (nSPS) is 15.6. The SMILES string of the molecule is CCCCCCCN(C(=O)C(CCSC)NC(=O)OC(C)(C)C)C(C(=O)NC1CCCCC1)c1ccc(C)c(C)c1. The predicted octanol–water partition coefficient (Wildman–Crippen LogP) is 7.24. The van der Waals surface area contributed by atoms with Gasteiger partial charge in [-0.2, -0.15) is 11.8 Å². The first-order chi connectivity index (χ1) is 19.5. The number of amides is 3. The lowest BCUT2D eigenvalue weighted by atomic mass is 9.94. The zero-order chi connectivity index (χ0) is 30.4. The van der Waals surface area contributed by atoms with Gasteiger partial charge in [-0.25, -0.2) is 4.79 Å². The molecular weight excluding hydrogens is 534 g/mol. The average Bonchev–Trinajstić information content (AvgIpc) is 2.91. The van der Waals surface area contributed by atoms with Crippen LogP contribution in [0.5, 0.6) is 0 Å². The number of rotatable bonds is 15. The highest BCUT2D eigenvalue weighted by atomic mass is 32.2. The zero-order valence-corrected chi connectivity index (χ0v) is 27.5. The Morgan fingerprint density at radius 3 is 2.32 bits per heavy atom. The summed E-state index contributed by atoms with van der Waals surface area (Å²) in [5.41, 5.74) is 2.35. The fourth-order valence-corrected chi connectivity index (χ4v) is 5.80. The number of unbranched alkanes of at least 4 members (excludes halogenated alkanes) is 4. The monoisotopic (exact) mass is 589 g/mol. The van der Waals surface area contributed by atoms with Crippen molar-refractivity contribution >= 4 is 29.7 Å². The summed E-state index contributed by atoms with van der Waals surface area (Å²) >= 11 is 1.62. The second-order valence-corrected chi connectivity index (χ2v) is 13.5. The van der Waals surface area contributed by atoms with Gasteiger partial charge in [0, 0.05) is 12.6 Å². The summed E-state index contributed by atoms with van der Waals surface area (Å²) in [4.78, 5) is 43.1. The van der Waals surface area contributed by atoms with Crippen molar-refractivity contribution in [3.8, 4) is 0 Å². The molecule has 0 aliphatic heterocycles. The number of carbonyl (C=O) groups is 3. The molecule has 1 aromatic rings. The van der Waals surface area contributed by atoms with Crippen molar-refractivity contribution in [2.24, 2.45) is 0 Å². The first-order valence-corrected chi connectivity index (χ1v) is 17.0. The van der Waals surface area contributed by atoms with Crippen LogP contribution in [0.15, 0.2) is 18.2 Å². The van der Waals surface area contributed by atoms with Gasteiger partial charge in [-0.1, -0.05) is 70.1 Å². The molecule has 8 heteroatoms. The number of nitrogens with one attached hydrogen (secondary N) is 2. The number of nitrogens with zero attached hydrogens (tertiary/aromatic N) is 1. The van der Waals surface area contributed by atoms with Gasteiger partial charge >= 0.3 is 6.09 Å². The molecule has 1 aliphatic carbocycles. The van der Waals surface area contributed by atoms with E-state index in [-0.39, 0.29) is 17.9 Å². The molecule has 232 valence electrons. The largest absolute Gasteiger partial charge is 0.444 e. The number of hydrogen-bond donors (Lipinski definition) is 2. The minimum atomic E-state index is -0.788. The van der Waals surface area contributed by atoms with E-state index in [1.54, 1.807) is 37.4 Å². The number of hydrogen-bond acceptors (Lipinski definition) is 5. The topological polar surface area (TPSA) is 87.7 Å². The van der Waals surface area contributed by atoms with E-state index in [2.05, 4.69) is 24.5 Å². The number of aryl methyl sites for hydroxylation is 2. The molecule has 1 aliphatic rings. The molecule has 2 rings (SSSR count). The van der Waals surface area contributed by atoms with Crippen LogP contribution in [0.2, 0.25) is 0 Å². The summed E-state index contributed by atoms with van der Waals surface area (Å²) in [6.07, 6.45) is 12.3. The first-order valence-electron chi connectivity index (χ1n) is 15.6. The number of carbonyl (C=O) groups excluding carboxylic acids is 3. The highest BCUT2D eigenvalue weighted by Crippen LogP contribution is 2.28. The van der Waals surface area contributed by atoms with Gasteiger partial charge in [0.05, 0.1) is 0 Å². The standard InChI is InChI=1S/C33H55N3O4S/c1-8-9-10-11-15-21-36(31(38)28(20-22-41-7)35-32(39)40-33(4,5)6)29(26-19-18-24(2)25(3)23-26)30(37)34-27-16-13-12-14-17-27/h18-19,23,27-29H,8-17,20-22H2,1-7H3,(H,34,37)(H,35,39). The highest BCUT2D eigenvalue weighted by Gasteiger charge is 2.37. The Hall–Kier alpha value is -2.22. The van der Waals surface area contributed by atoms with Crippen LogP contribution in [0.3, 0.4) is 0 Å². The van der Waals surface area contributed by atoms with E-state index in [1.807, 2.05) is 31.4 Å². The van der Waals surface area contributed by atoms with E-state index in [0.29, 0.717) is 18.7 Å². The summed E-state index contributed by atoms with van der Waals surface area (Å²) in [7, 11) is 0. The van der Waals surface area contributed by atoms with E-state index < -0.39 is 23.8 Å². The smallest absolute Gasteiger partial charge is 0.408 e. The lowest BCUT2D eigenvalue weighted by Gasteiger charge is -2.36. The van der Waals surface area contributed by atoms with Crippen molar-refractivity contribution in [2.75, 3.05) is 18.6 Å². The minimum Gasteiger partial charge on any atom is -0.444 e. The molecule has 0 radical (unpaired) electrons. The van der Waals surface area contributed by atoms with Gasteiger partial charge in [-0.15, -0.1) is 0 Å². The summed E-state index contributed by atoms with van der Waals surface area (Å²) < 4.78 is 5.52. The molecule has 2 N–H and O–H groups in total. The molecular formula is C33H55N3O4S. The molecule has 41 heavy (non-hydrogen) atoms. The minimum absolute atomic E-state index is 0.124. The highest BCUT2D eigenvalue weighted by molar-refractivity contribution is 7.98. The van der Waals surface area contributed by atoms with Crippen LogP contribution in [0.4, 0.5) is 4.79 Å². The van der Waals surface area contributed by atoms with Crippen LogP contribution in [0.1, 0.15) is 121 Å². The van der Waals surface area contributed by atoms with Crippen LogP contribution >= 0.6 is 11.8 Å². The fourth-order valence-electron chi connectivity index (χ4n) is 5.33. The van der Waals surface area contributed by atoms with Crippen molar-refractivity contribution in [2.45, 2.75) is 136 Å². The van der Waals surface area contributed by atoms with Crippen LogP contribution in [-0.4, -0.2) is 59.0 Å². The van der Waals surface area contributed by atoms with Gasteiger partial charge in [-0.3, -0.25) is 9.59 Å². The van der Waals surface area contributed by atoms with Gasteiger partial charge in [0.25, 0.3) is 0 Å². The van der Waals surface area contributed by atoms with Crippen molar-refractivity contribution in [3.05, 3.63) is 34.9 Å². The molecule has 0 spiro atoms. The maximum absolute atomic E-state index is 14.4. The molecule has 7 nitrogen and oxygen atoms in total.